The fourth-order valence-electron chi connectivity index (χ4n) is 10.3. The maximum Gasteiger partial charge on any atom is 0.220 e. The number of amides is 1. The fourth-order valence-corrected chi connectivity index (χ4v) is 10.3. The second kappa shape index (κ2) is 50.7. The third-order valence-corrected chi connectivity index (χ3v) is 15.2. The zero-order valence-corrected chi connectivity index (χ0v) is 45.9. The summed E-state index contributed by atoms with van der Waals surface area (Å²) in [6, 6.07) is -0.713. The van der Waals surface area contributed by atoms with Gasteiger partial charge in [0, 0.05) is 6.42 Å². The lowest BCUT2D eigenvalue weighted by Crippen LogP contribution is -2.60. The van der Waals surface area contributed by atoms with Crippen LogP contribution in [-0.2, 0) is 14.3 Å². The Bertz CT molecular complexity index is 1050. The Kier molecular flexibility index (Phi) is 48.7. The van der Waals surface area contributed by atoms with Gasteiger partial charge in [0.05, 0.1) is 25.4 Å². The molecule has 1 rings (SSSR count). The van der Waals surface area contributed by atoms with Crippen LogP contribution >= 0.6 is 0 Å². The van der Waals surface area contributed by atoms with Crippen molar-refractivity contribution in [2.75, 3.05) is 13.2 Å². The minimum absolute atomic E-state index is 0.131. The van der Waals surface area contributed by atoms with Crippen LogP contribution in [-0.4, -0.2) is 87.5 Å². The van der Waals surface area contributed by atoms with Crippen LogP contribution in [0.5, 0.6) is 0 Å². The number of unbranched alkanes of at least 4 members (excludes halogenated alkanes) is 44. The first-order valence-electron chi connectivity index (χ1n) is 30.7. The van der Waals surface area contributed by atoms with Crippen molar-refractivity contribution >= 4 is 5.91 Å². The van der Waals surface area contributed by atoms with Crippen molar-refractivity contribution in [3.05, 3.63) is 0 Å². The monoisotopic (exact) mass is 982 g/mol. The van der Waals surface area contributed by atoms with Crippen molar-refractivity contribution in [3.8, 4) is 0 Å². The number of rotatable bonds is 54. The van der Waals surface area contributed by atoms with Crippen LogP contribution in [0.4, 0.5) is 0 Å². The van der Waals surface area contributed by atoms with E-state index in [0.29, 0.717) is 12.8 Å². The number of hydrogen-bond acceptors (Lipinski definition) is 8. The lowest BCUT2D eigenvalue weighted by atomic mass is 9.99. The average Bonchev–Trinajstić information content (AvgIpc) is 3.35. The Morgan fingerprint density at radius 3 is 1.03 bits per heavy atom. The Labute approximate surface area is 427 Å². The van der Waals surface area contributed by atoms with Gasteiger partial charge in [-0.3, -0.25) is 4.79 Å². The maximum absolute atomic E-state index is 13.1. The number of carbonyl (C=O) groups is 1. The highest BCUT2D eigenvalue weighted by atomic mass is 16.7. The van der Waals surface area contributed by atoms with Crippen molar-refractivity contribution in [1.82, 2.24) is 5.32 Å². The number of ether oxygens (including phenoxy) is 2. The van der Waals surface area contributed by atoms with E-state index in [9.17, 15) is 30.3 Å². The second-order valence-corrected chi connectivity index (χ2v) is 21.9. The summed E-state index contributed by atoms with van der Waals surface area (Å²) in [6.45, 7) is 3.89. The SMILES string of the molecule is CCCCCCCCCCCCCCCCCCCCCCCCCCCCCCCCC(=O)N[C@@H](CO[C@@H]1O[C@H](CO)[C@H](O)C(O)C1O)[C@H](O)CCCCCCCCCCCCCCCCCC. The van der Waals surface area contributed by atoms with Gasteiger partial charge in [0.15, 0.2) is 6.29 Å². The summed E-state index contributed by atoms with van der Waals surface area (Å²) in [5, 5.41) is 54.7. The van der Waals surface area contributed by atoms with Gasteiger partial charge in [0.2, 0.25) is 5.91 Å². The quantitative estimate of drug-likeness (QED) is 0.0330. The minimum Gasteiger partial charge on any atom is -0.394 e. The van der Waals surface area contributed by atoms with Gasteiger partial charge in [-0.2, -0.15) is 0 Å². The van der Waals surface area contributed by atoms with Crippen LogP contribution in [0.1, 0.15) is 322 Å². The number of carbonyl (C=O) groups excluding carboxylic acids is 1. The molecule has 412 valence electrons. The molecule has 2 unspecified atom stereocenters. The summed E-state index contributed by atoms with van der Waals surface area (Å²) in [7, 11) is 0. The molecular weight excluding hydrogens is 863 g/mol. The van der Waals surface area contributed by atoms with Crippen LogP contribution < -0.4 is 5.32 Å². The Balaban J connectivity index is 2.11. The normalized spacial score (nSPS) is 19.3. The highest BCUT2D eigenvalue weighted by Crippen LogP contribution is 2.24. The maximum atomic E-state index is 13.1. The van der Waals surface area contributed by atoms with E-state index >= 15 is 0 Å². The highest BCUT2D eigenvalue weighted by molar-refractivity contribution is 5.76. The smallest absolute Gasteiger partial charge is 0.220 e. The van der Waals surface area contributed by atoms with Gasteiger partial charge in [-0.1, -0.05) is 303 Å². The fraction of sp³-hybridized carbons (Fsp3) is 0.983. The molecule has 0 aliphatic carbocycles. The minimum atomic E-state index is -1.55. The Morgan fingerprint density at radius 2 is 0.725 bits per heavy atom. The predicted octanol–water partition coefficient (Wildman–Crippen LogP) is 15.4. The van der Waals surface area contributed by atoms with Gasteiger partial charge in [-0.05, 0) is 12.8 Å². The molecule has 1 aliphatic rings. The number of nitrogens with one attached hydrogen (secondary N) is 1. The van der Waals surface area contributed by atoms with E-state index in [4.69, 9.17) is 9.47 Å². The van der Waals surface area contributed by atoms with Crippen molar-refractivity contribution < 1.29 is 39.8 Å². The zero-order valence-electron chi connectivity index (χ0n) is 45.9. The highest BCUT2D eigenvalue weighted by Gasteiger charge is 2.44. The molecule has 0 aromatic carbocycles. The van der Waals surface area contributed by atoms with Gasteiger partial charge in [0.25, 0.3) is 0 Å². The zero-order chi connectivity index (χ0) is 50.1. The summed E-state index contributed by atoms with van der Waals surface area (Å²) in [5.74, 6) is -0.136. The second-order valence-electron chi connectivity index (χ2n) is 21.9. The molecule has 1 fully saturated rings. The van der Waals surface area contributed by atoms with Crippen LogP contribution in [0.25, 0.3) is 0 Å². The summed E-state index contributed by atoms with van der Waals surface area (Å²) in [4.78, 5) is 13.1. The molecule has 1 amide bonds. The van der Waals surface area contributed by atoms with Crippen LogP contribution in [0.3, 0.4) is 0 Å². The molecule has 7 atom stereocenters. The molecule has 1 heterocycles. The van der Waals surface area contributed by atoms with Crippen LogP contribution in [0, 0.1) is 0 Å². The van der Waals surface area contributed by atoms with E-state index in [1.54, 1.807) is 0 Å². The lowest BCUT2D eigenvalue weighted by molar-refractivity contribution is -0.302. The molecule has 0 aromatic heterocycles. The molecular formula is C60H119NO8. The number of aliphatic hydroxyl groups excluding tert-OH is 5. The molecule has 0 spiro atoms. The summed E-state index contributed by atoms with van der Waals surface area (Å²) in [6.07, 6.45) is 54.4. The topological polar surface area (TPSA) is 149 Å². The molecule has 0 saturated carbocycles. The van der Waals surface area contributed by atoms with E-state index in [0.717, 1.165) is 38.5 Å². The summed E-state index contributed by atoms with van der Waals surface area (Å²) < 4.78 is 11.3. The molecule has 0 aromatic rings. The van der Waals surface area contributed by atoms with Crippen molar-refractivity contribution in [2.45, 2.75) is 365 Å². The lowest BCUT2D eigenvalue weighted by Gasteiger charge is -2.40. The molecule has 9 heteroatoms. The molecule has 1 aliphatic heterocycles. The number of aliphatic hydroxyl groups is 5. The predicted molar refractivity (Wildman–Crippen MR) is 291 cm³/mol. The third-order valence-electron chi connectivity index (χ3n) is 15.2. The van der Waals surface area contributed by atoms with Gasteiger partial charge in [-0.15, -0.1) is 0 Å². The first-order chi connectivity index (χ1) is 33.8. The van der Waals surface area contributed by atoms with Crippen LogP contribution in [0.15, 0.2) is 0 Å². The average molecular weight is 983 g/mol. The van der Waals surface area contributed by atoms with E-state index in [1.165, 1.54) is 257 Å². The van der Waals surface area contributed by atoms with E-state index in [1.807, 2.05) is 0 Å². The summed E-state index contributed by atoms with van der Waals surface area (Å²) >= 11 is 0. The van der Waals surface area contributed by atoms with E-state index < -0.39 is 49.5 Å². The first kappa shape index (κ1) is 66.2. The molecule has 6 N–H and O–H groups in total. The molecule has 1 saturated heterocycles. The third kappa shape index (κ3) is 40.3. The van der Waals surface area contributed by atoms with Crippen molar-refractivity contribution in [3.63, 3.8) is 0 Å². The summed E-state index contributed by atoms with van der Waals surface area (Å²) in [5.41, 5.74) is 0. The standard InChI is InChI=1S/C60H119NO8/c1-3-5-7-9-11-13-15-17-19-21-22-23-24-25-26-27-28-29-30-31-32-33-34-36-38-40-42-44-46-48-50-56(64)61-53(52-68-60-59(67)58(66)57(65)55(51-62)69-60)54(63)49-47-45-43-41-39-37-35-20-18-16-14-12-10-8-6-4-2/h53-55,57-60,62-63,65-67H,3-52H2,1-2H3,(H,61,64)/t53-,54+,55+,57-,58?,59?,60+/m0/s1. The van der Waals surface area contributed by atoms with Crippen molar-refractivity contribution in [2.24, 2.45) is 0 Å². The van der Waals surface area contributed by atoms with E-state index in [-0.39, 0.29) is 12.5 Å². The molecule has 9 nitrogen and oxygen atoms in total. The van der Waals surface area contributed by atoms with Gasteiger partial charge in [0.1, 0.15) is 24.4 Å². The van der Waals surface area contributed by atoms with Gasteiger partial charge >= 0.3 is 0 Å². The number of hydrogen-bond donors (Lipinski definition) is 6. The van der Waals surface area contributed by atoms with Gasteiger partial charge < -0.3 is 40.3 Å². The molecule has 69 heavy (non-hydrogen) atoms. The molecule has 0 radical (unpaired) electrons. The Morgan fingerprint density at radius 1 is 0.435 bits per heavy atom. The Hall–Kier alpha value is -0.810. The van der Waals surface area contributed by atoms with Crippen LogP contribution in [0.2, 0.25) is 0 Å². The first-order valence-corrected chi connectivity index (χ1v) is 30.7. The van der Waals surface area contributed by atoms with Crippen molar-refractivity contribution in [1.29, 1.82) is 0 Å². The van der Waals surface area contributed by atoms with Gasteiger partial charge in [-0.25, -0.2) is 0 Å². The largest absolute Gasteiger partial charge is 0.394 e. The molecule has 0 bridgehead atoms. The van der Waals surface area contributed by atoms with E-state index in [2.05, 4.69) is 19.2 Å².